The van der Waals surface area contributed by atoms with E-state index in [2.05, 4.69) is 6.58 Å². The Labute approximate surface area is 181 Å². The highest BCUT2D eigenvalue weighted by Crippen LogP contribution is 2.39. The van der Waals surface area contributed by atoms with Gasteiger partial charge < -0.3 is 25.2 Å². The van der Waals surface area contributed by atoms with Gasteiger partial charge in [0.2, 0.25) is 0 Å². The van der Waals surface area contributed by atoms with Crippen LogP contribution in [0.15, 0.2) is 54.6 Å². The summed E-state index contributed by atoms with van der Waals surface area (Å²) < 4.78 is 5.99. The zero-order valence-electron chi connectivity index (χ0n) is 17.7. The van der Waals surface area contributed by atoms with Crippen LogP contribution in [0.3, 0.4) is 0 Å². The first kappa shape index (κ1) is 22.6. The minimum absolute atomic E-state index is 0.0207. The number of hydrogen-bond acceptors (Lipinski definition) is 6. The average molecular weight is 424 g/mol. The fourth-order valence-corrected chi connectivity index (χ4v) is 3.73. The quantitative estimate of drug-likeness (QED) is 0.303. The van der Waals surface area contributed by atoms with Gasteiger partial charge in [0.25, 0.3) is 0 Å². The van der Waals surface area contributed by atoms with Gasteiger partial charge in [0.05, 0.1) is 23.4 Å². The summed E-state index contributed by atoms with van der Waals surface area (Å²) in [5, 5.41) is 41.1. The molecule has 4 N–H and O–H groups in total. The summed E-state index contributed by atoms with van der Waals surface area (Å²) in [5.41, 5.74) is 0.863. The molecule has 0 bridgehead atoms. The molecule has 0 aliphatic carbocycles. The highest BCUT2D eigenvalue weighted by Gasteiger charge is 2.42. The van der Waals surface area contributed by atoms with Crippen LogP contribution in [0.1, 0.15) is 48.2 Å². The van der Waals surface area contributed by atoms with Crippen LogP contribution in [0, 0.1) is 0 Å². The Morgan fingerprint density at radius 3 is 2.52 bits per heavy atom. The van der Waals surface area contributed by atoms with E-state index in [1.807, 2.05) is 6.92 Å². The van der Waals surface area contributed by atoms with Gasteiger partial charge in [0.1, 0.15) is 17.2 Å². The van der Waals surface area contributed by atoms with Crippen molar-refractivity contribution in [1.82, 2.24) is 0 Å². The van der Waals surface area contributed by atoms with Crippen molar-refractivity contribution >= 4 is 11.9 Å². The maximum atomic E-state index is 12.6. The minimum Gasteiger partial charge on any atom is -0.508 e. The summed E-state index contributed by atoms with van der Waals surface area (Å²) in [5.74, 6) is -0.893. The summed E-state index contributed by atoms with van der Waals surface area (Å²) in [6.07, 6.45) is 3.01. The number of carbonyl (C=O) groups is 1. The van der Waals surface area contributed by atoms with E-state index in [0.717, 1.165) is 12.0 Å². The first-order valence-electron chi connectivity index (χ1n) is 10.2. The molecule has 0 spiro atoms. The zero-order valence-corrected chi connectivity index (χ0v) is 17.7. The molecule has 164 valence electrons. The first-order chi connectivity index (χ1) is 14.6. The van der Waals surface area contributed by atoms with Gasteiger partial charge in [-0.2, -0.15) is 0 Å². The molecule has 0 aromatic heterocycles. The molecule has 6 nitrogen and oxygen atoms in total. The molecular formula is C25H28O6. The van der Waals surface area contributed by atoms with E-state index in [1.54, 1.807) is 25.1 Å². The van der Waals surface area contributed by atoms with Crippen LogP contribution in [-0.2, 0) is 11.2 Å². The number of aliphatic hydroxyl groups is 1. The zero-order chi connectivity index (χ0) is 22.8. The number of ether oxygens (including phenoxy) is 1. The predicted octanol–water partition coefficient (Wildman–Crippen LogP) is 4.12. The van der Waals surface area contributed by atoms with E-state index in [4.69, 9.17) is 4.74 Å². The van der Waals surface area contributed by atoms with Crippen LogP contribution in [0.5, 0.6) is 17.2 Å². The Balaban J connectivity index is 1.79. The fourth-order valence-electron chi connectivity index (χ4n) is 3.73. The predicted molar refractivity (Wildman–Crippen MR) is 118 cm³/mol. The number of rotatable bonds is 7. The number of phenolic OH excluding ortho intramolecular Hbond substituents is 3. The number of benzene rings is 2. The van der Waals surface area contributed by atoms with Crippen LogP contribution in [0.2, 0.25) is 0 Å². The molecule has 1 fully saturated rings. The molecule has 0 amide bonds. The summed E-state index contributed by atoms with van der Waals surface area (Å²) in [6.45, 7) is 7.58. The molecule has 1 saturated heterocycles. The van der Waals surface area contributed by atoms with Crippen LogP contribution < -0.4 is 0 Å². The lowest BCUT2D eigenvalue weighted by Crippen LogP contribution is -2.41. The highest BCUT2D eigenvalue weighted by molar-refractivity contribution is 6.09. The first-order valence-corrected chi connectivity index (χ1v) is 10.2. The summed E-state index contributed by atoms with van der Waals surface area (Å²) >= 11 is 0. The van der Waals surface area contributed by atoms with Gasteiger partial charge in [-0.1, -0.05) is 30.4 Å². The van der Waals surface area contributed by atoms with E-state index in [0.29, 0.717) is 12.0 Å². The maximum absolute atomic E-state index is 12.6. The molecule has 1 heterocycles. The van der Waals surface area contributed by atoms with E-state index < -0.39 is 17.5 Å². The molecule has 1 aliphatic rings. The molecule has 31 heavy (non-hydrogen) atoms. The van der Waals surface area contributed by atoms with Crippen molar-refractivity contribution in [2.75, 3.05) is 0 Å². The second-order valence-corrected chi connectivity index (χ2v) is 8.27. The Bertz CT molecular complexity index is 1010. The number of ketones is 1. The Kier molecular flexibility index (Phi) is 6.53. The number of phenols is 3. The fraction of sp³-hybridized carbons (Fsp3) is 0.320. The van der Waals surface area contributed by atoms with Gasteiger partial charge in [0, 0.05) is 12.0 Å². The second kappa shape index (κ2) is 8.96. The molecular weight excluding hydrogens is 396 g/mol. The van der Waals surface area contributed by atoms with E-state index in [9.17, 15) is 25.2 Å². The SMILES string of the molecule is C=C(C)[C@H]1CC[C@](C)([C@@H](O)Cc2c(O)ccc(C(=O)/C=C/c3ccc(O)cc3)c2O)O1. The molecule has 2 aromatic carbocycles. The smallest absolute Gasteiger partial charge is 0.189 e. The van der Waals surface area contributed by atoms with Gasteiger partial charge in [0.15, 0.2) is 5.78 Å². The van der Waals surface area contributed by atoms with Gasteiger partial charge in [-0.05, 0) is 62.6 Å². The lowest BCUT2D eigenvalue weighted by Gasteiger charge is -2.31. The third-order valence-electron chi connectivity index (χ3n) is 5.81. The Morgan fingerprint density at radius 2 is 1.90 bits per heavy atom. The lowest BCUT2D eigenvalue weighted by molar-refractivity contribution is -0.0956. The van der Waals surface area contributed by atoms with Crippen molar-refractivity contribution in [2.45, 2.75) is 50.9 Å². The topological polar surface area (TPSA) is 107 Å². The lowest BCUT2D eigenvalue weighted by atomic mass is 9.89. The van der Waals surface area contributed by atoms with Crippen molar-refractivity contribution in [2.24, 2.45) is 0 Å². The number of allylic oxidation sites excluding steroid dienone is 1. The van der Waals surface area contributed by atoms with Crippen LogP contribution in [0.25, 0.3) is 6.08 Å². The Morgan fingerprint density at radius 1 is 1.23 bits per heavy atom. The highest BCUT2D eigenvalue weighted by atomic mass is 16.5. The number of carbonyl (C=O) groups excluding carboxylic acids is 1. The summed E-state index contributed by atoms with van der Waals surface area (Å²) in [4.78, 5) is 12.6. The molecule has 3 rings (SSSR count). The largest absolute Gasteiger partial charge is 0.508 e. The van der Waals surface area contributed by atoms with Crippen LogP contribution in [-0.4, -0.2) is 44.0 Å². The van der Waals surface area contributed by atoms with Gasteiger partial charge in [-0.15, -0.1) is 0 Å². The van der Waals surface area contributed by atoms with Gasteiger partial charge in [-0.3, -0.25) is 4.79 Å². The molecule has 6 heteroatoms. The molecule has 2 aromatic rings. The van der Waals surface area contributed by atoms with E-state index in [-0.39, 0.29) is 40.9 Å². The summed E-state index contributed by atoms with van der Waals surface area (Å²) in [6, 6.07) is 8.99. The standard InChI is InChI=1S/C25H28O6/c1-15(2)22-12-13-25(3,31-22)23(29)14-19-21(28)11-9-18(24(19)30)20(27)10-6-16-4-7-17(26)8-5-16/h4-11,22-23,26,28-30H,1,12-14H2,2-3H3/b10-6+/t22-,23+,25-/m1/s1. The normalized spacial score (nSPS) is 22.0. The third-order valence-corrected chi connectivity index (χ3v) is 5.81. The Hall–Kier alpha value is -3.09. The molecule has 3 atom stereocenters. The van der Waals surface area contributed by atoms with Crippen LogP contribution in [0.4, 0.5) is 0 Å². The molecule has 0 saturated carbocycles. The monoisotopic (exact) mass is 424 g/mol. The van der Waals surface area contributed by atoms with Crippen molar-refractivity contribution in [1.29, 1.82) is 0 Å². The number of aromatic hydroxyl groups is 3. The van der Waals surface area contributed by atoms with E-state index in [1.165, 1.54) is 30.3 Å². The van der Waals surface area contributed by atoms with Crippen molar-refractivity contribution < 1.29 is 30.0 Å². The van der Waals surface area contributed by atoms with Gasteiger partial charge >= 0.3 is 0 Å². The van der Waals surface area contributed by atoms with Crippen LogP contribution >= 0.6 is 0 Å². The van der Waals surface area contributed by atoms with Gasteiger partial charge in [-0.25, -0.2) is 0 Å². The molecule has 0 radical (unpaired) electrons. The molecule has 1 aliphatic heterocycles. The number of aliphatic hydroxyl groups excluding tert-OH is 1. The maximum Gasteiger partial charge on any atom is 0.189 e. The van der Waals surface area contributed by atoms with Crippen molar-refractivity contribution in [3.63, 3.8) is 0 Å². The van der Waals surface area contributed by atoms with E-state index >= 15 is 0 Å². The third kappa shape index (κ3) is 4.98. The van der Waals surface area contributed by atoms with Crippen molar-refractivity contribution in [3.8, 4) is 17.2 Å². The minimum atomic E-state index is -0.994. The number of hydrogen-bond donors (Lipinski definition) is 4. The molecule has 0 unspecified atom stereocenters. The summed E-state index contributed by atoms with van der Waals surface area (Å²) in [7, 11) is 0. The van der Waals surface area contributed by atoms with Crippen molar-refractivity contribution in [3.05, 3.63) is 71.3 Å². The average Bonchev–Trinajstić information content (AvgIpc) is 3.14. The second-order valence-electron chi connectivity index (χ2n) is 8.27.